The number of aliphatic hydroxyl groups is 1. The van der Waals surface area contributed by atoms with Gasteiger partial charge in [-0.3, -0.25) is 4.57 Å². The van der Waals surface area contributed by atoms with E-state index in [-0.39, 0.29) is 5.15 Å². The van der Waals surface area contributed by atoms with Gasteiger partial charge in [-0.2, -0.15) is 0 Å². The van der Waals surface area contributed by atoms with Crippen LogP contribution in [0, 0.1) is 0 Å². The van der Waals surface area contributed by atoms with E-state index in [2.05, 4.69) is 15.0 Å². The maximum atomic E-state index is 10.9. The summed E-state index contributed by atoms with van der Waals surface area (Å²) in [6, 6.07) is 3.66. The van der Waals surface area contributed by atoms with Crippen LogP contribution in [0.3, 0.4) is 0 Å². The molecule has 0 amide bonds. The van der Waals surface area contributed by atoms with Crippen LogP contribution >= 0.6 is 35.1 Å². The third-order valence-corrected chi connectivity index (χ3v) is 5.85. The summed E-state index contributed by atoms with van der Waals surface area (Å²) >= 11 is 9.06. The fourth-order valence-corrected chi connectivity index (χ4v) is 4.78. The smallest absolute Gasteiger partial charge is 0.189 e. The van der Waals surface area contributed by atoms with Crippen molar-refractivity contribution < 1.29 is 14.6 Å². The van der Waals surface area contributed by atoms with Gasteiger partial charge in [0.1, 0.15) is 23.4 Å². The second kappa shape index (κ2) is 5.66. The first-order chi connectivity index (χ1) is 12.2. The number of halogens is 1. The normalized spacial score (nSPS) is 18.1. The molecule has 25 heavy (non-hydrogen) atoms. The van der Waals surface area contributed by atoms with E-state index in [9.17, 15) is 5.11 Å². The monoisotopic (exact) mass is 394 g/mol. The van der Waals surface area contributed by atoms with Crippen molar-refractivity contribution in [1.29, 1.82) is 0 Å². The fraction of sp³-hybridized carbons (Fsp3) is 0.267. The molecule has 0 saturated carbocycles. The van der Waals surface area contributed by atoms with Gasteiger partial charge in [-0.25, -0.2) is 15.0 Å². The Morgan fingerprint density at radius 1 is 1.24 bits per heavy atom. The van der Waals surface area contributed by atoms with Gasteiger partial charge in [0.2, 0.25) is 0 Å². The Balaban J connectivity index is 1.72. The van der Waals surface area contributed by atoms with Crippen LogP contribution in [-0.4, -0.2) is 44.1 Å². The van der Waals surface area contributed by atoms with Crippen molar-refractivity contribution in [2.24, 2.45) is 0 Å². The van der Waals surface area contributed by atoms with Gasteiger partial charge in [0, 0.05) is 12.1 Å². The van der Waals surface area contributed by atoms with E-state index in [0.29, 0.717) is 51.1 Å². The van der Waals surface area contributed by atoms with Crippen molar-refractivity contribution in [1.82, 2.24) is 19.5 Å². The Morgan fingerprint density at radius 2 is 2.00 bits per heavy atom. The molecule has 4 heterocycles. The summed E-state index contributed by atoms with van der Waals surface area (Å²) in [7, 11) is 0. The van der Waals surface area contributed by atoms with Crippen molar-refractivity contribution >= 4 is 46.2 Å². The highest BCUT2D eigenvalue weighted by molar-refractivity contribution is 7.99. The predicted octanol–water partition coefficient (Wildman–Crippen LogP) is 2.98. The lowest BCUT2D eigenvalue weighted by atomic mass is 10.2. The van der Waals surface area contributed by atoms with Gasteiger partial charge in [0.15, 0.2) is 28.0 Å². The Hall–Kier alpha value is -1.68. The van der Waals surface area contributed by atoms with Gasteiger partial charge in [-0.05, 0) is 18.0 Å². The molecule has 2 aliphatic heterocycles. The number of aliphatic hydroxyl groups excluding tert-OH is 1. The first-order valence-electron chi connectivity index (χ1n) is 7.44. The van der Waals surface area contributed by atoms with E-state index in [1.165, 1.54) is 23.5 Å². The molecule has 0 unspecified atom stereocenters. The standard InChI is InChI=1S/C15H11ClN4O3S2/c1-24-14-18-11(16)10-12(19-14)25-15-17-6-4-8-9(23-3-2-22-8)5-7(6)20(15)13(10)21/h4-5,13,21H,2-3H2,1H3/t13-/m0/s1. The summed E-state index contributed by atoms with van der Waals surface area (Å²) < 4.78 is 13.0. The molecule has 0 bridgehead atoms. The first kappa shape index (κ1) is 15.6. The van der Waals surface area contributed by atoms with Gasteiger partial charge < -0.3 is 14.6 Å². The van der Waals surface area contributed by atoms with Crippen LogP contribution in [0.4, 0.5) is 0 Å². The van der Waals surface area contributed by atoms with Crippen LogP contribution in [0.15, 0.2) is 27.5 Å². The molecular weight excluding hydrogens is 384 g/mol. The van der Waals surface area contributed by atoms with E-state index in [1.54, 1.807) is 4.57 Å². The van der Waals surface area contributed by atoms with E-state index < -0.39 is 6.23 Å². The van der Waals surface area contributed by atoms with Crippen molar-refractivity contribution in [3.8, 4) is 11.5 Å². The van der Waals surface area contributed by atoms with Gasteiger partial charge >= 0.3 is 0 Å². The Kier molecular flexibility index (Phi) is 3.53. The highest BCUT2D eigenvalue weighted by atomic mass is 35.5. The third-order valence-electron chi connectivity index (χ3n) is 4.04. The molecule has 3 aromatic rings. The maximum absolute atomic E-state index is 10.9. The summed E-state index contributed by atoms with van der Waals surface area (Å²) in [6.07, 6.45) is 0.865. The summed E-state index contributed by atoms with van der Waals surface area (Å²) in [5.74, 6) is 1.30. The lowest BCUT2D eigenvalue weighted by Gasteiger charge is -2.24. The van der Waals surface area contributed by atoms with Gasteiger partial charge in [-0.1, -0.05) is 23.4 Å². The van der Waals surface area contributed by atoms with Gasteiger partial charge in [0.25, 0.3) is 0 Å². The number of benzene rings is 1. The maximum Gasteiger partial charge on any atom is 0.189 e. The SMILES string of the molecule is CSc1nc(Cl)c2c(n1)Sc1nc3cc4c(cc3n1[C@H]2O)OCCO4. The number of thioether (sulfide) groups is 1. The van der Waals surface area contributed by atoms with Crippen molar-refractivity contribution in [3.63, 3.8) is 0 Å². The molecule has 2 aromatic heterocycles. The lowest BCUT2D eigenvalue weighted by molar-refractivity contribution is 0.134. The number of hydrogen-bond acceptors (Lipinski definition) is 8. The largest absolute Gasteiger partial charge is 0.486 e. The van der Waals surface area contributed by atoms with E-state index in [1.807, 2.05) is 18.4 Å². The lowest BCUT2D eigenvalue weighted by Crippen LogP contribution is -2.18. The van der Waals surface area contributed by atoms with Crippen molar-refractivity contribution in [2.45, 2.75) is 21.6 Å². The number of rotatable bonds is 1. The van der Waals surface area contributed by atoms with Crippen molar-refractivity contribution in [3.05, 3.63) is 22.8 Å². The quantitative estimate of drug-likeness (QED) is 0.383. The molecule has 0 radical (unpaired) electrons. The predicted molar refractivity (Wildman–Crippen MR) is 94.0 cm³/mol. The molecule has 0 fully saturated rings. The Morgan fingerprint density at radius 3 is 2.76 bits per heavy atom. The first-order valence-corrected chi connectivity index (χ1v) is 9.86. The average molecular weight is 395 g/mol. The Bertz CT molecular complexity index is 1030. The summed E-state index contributed by atoms with van der Waals surface area (Å²) in [5.41, 5.74) is 1.95. The Labute approximate surface area is 155 Å². The van der Waals surface area contributed by atoms with E-state index in [4.69, 9.17) is 21.1 Å². The van der Waals surface area contributed by atoms with Crippen LogP contribution in [-0.2, 0) is 0 Å². The minimum absolute atomic E-state index is 0.249. The summed E-state index contributed by atoms with van der Waals surface area (Å²) in [5, 5.41) is 13.0. The van der Waals surface area contributed by atoms with Crippen LogP contribution in [0.5, 0.6) is 11.5 Å². The van der Waals surface area contributed by atoms with Gasteiger partial charge in [-0.15, -0.1) is 0 Å². The zero-order valence-corrected chi connectivity index (χ0v) is 15.3. The number of aromatic nitrogens is 4. The van der Waals surface area contributed by atoms with Crippen LogP contribution in [0.1, 0.15) is 11.8 Å². The molecule has 7 nitrogen and oxygen atoms in total. The van der Waals surface area contributed by atoms with E-state index in [0.717, 1.165) is 5.52 Å². The number of fused-ring (bicyclic) bond motifs is 5. The summed E-state index contributed by atoms with van der Waals surface area (Å²) in [6.45, 7) is 1.01. The molecule has 0 aliphatic carbocycles. The van der Waals surface area contributed by atoms with Crippen LogP contribution in [0.2, 0.25) is 5.15 Å². The number of nitrogens with zero attached hydrogens (tertiary/aromatic N) is 4. The fourth-order valence-electron chi connectivity index (χ4n) is 2.92. The number of imidazole rings is 1. The minimum atomic E-state index is -1.01. The molecule has 2 aliphatic rings. The van der Waals surface area contributed by atoms with Crippen molar-refractivity contribution in [2.75, 3.05) is 19.5 Å². The molecule has 1 N–H and O–H groups in total. The highest BCUT2D eigenvalue weighted by Crippen LogP contribution is 2.45. The average Bonchev–Trinajstić information content (AvgIpc) is 2.96. The second-order valence-corrected chi connectivity index (χ2v) is 7.53. The van der Waals surface area contributed by atoms with Gasteiger partial charge in [0.05, 0.1) is 16.6 Å². The molecule has 5 rings (SSSR count). The topological polar surface area (TPSA) is 82.3 Å². The van der Waals surface area contributed by atoms with Crippen LogP contribution < -0.4 is 9.47 Å². The molecule has 10 heteroatoms. The molecular formula is C15H11ClN4O3S2. The molecule has 1 aromatic carbocycles. The zero-order valence-electron chi connectivity index (χ0n) is 12.9. The molecule has 0 saturated heterocycles. The number of hydrogen-bond donors (Lipinski definition) is 1. The molecule has 128 valence electrons. The molecule has 0 spiro atoms. The third kappa shape index (κ3) is 2.30. The second-order valence-electron chi connectivity index (χ2n) is 5.44. The zero-order chi connectivity index (χ0) is 17.1. The number of ether oxygens (including phenoxy) is 2. The molecule has 1 atom stereocenters. The van der Waals surface area contributed by atoms with E-state index >= 15 is 0 Å². The minimum Gasteiger partial charge on any atom is -0.486 e. The summed E-state index contributed by atoms with van der Waals surface area (Å²) in [4.78, 5) is 13.3. The van der Waals surface area contributed by atoms with Crippen LogP contribution in [0.25, 0.3) is 11.0 Å². The highest BCUT2D eigenvalue weighted by Gasteiger charge is 2.32.